The molecule has 32 heavy (non-hydrogen) atoms. The van der Waals surface area contributed by atoms with Gasteiger partial charge in [-0.15, -0.1) is 0 Å². The second kappa shape index (κ2) is 9.51. The summed E-state index contributed by atoms with van der Waals surface area (Å²) in [5.41, 5.74) is 2.64. The summed E-state index contributed by atoms with van der Waals surface area (Å²) in [6.45, 7) is 3.09. The third-order valence-electron chi connectivity index (χ3n) is 5.28. The normalized spacial score (nSPS) is 15.6. The largest absolute Gasteiger partial charge is 0.495 e. The molecule has 0 spiro atoms. The fourth-order valence-corrected chi connectivity index (χ4v) is 3.65. The molecule has 4 rings (SSSR count). The van der Waals surface area contributed by atoms with Gasteiger partial charge in [-0.25, -0.2) is 4.79 Å². The Morgan fingerprint density at radius 2 is 2.06 bits per heavy atom. The number of aromatic nitrogens is 2. The number of nitrogens with zero attached hydrogens (tertiary/aromatic N) is 3. The highest BCUT2D eigenvalue weighted by Crippen LogP contribution is 2.28. The molecule has 0 bridgehead atoms. The van der Waals surface area contributed by atoms with Crippen molar-refractivity contribution in [3.63, 3.8) is 0 Å². The molecule has 0 saturated carbocycles. The minimum atomic E-state index is -0.418. The first-order valence-corrected chi connectivity index (χ1v) is 10.4. The minimum absolute atomic E-state index is 0.0646. The number of anilines is 1. The second-order valence-corrected chi connectivity index (χ2v) is 7.72. The van der Waals surface area contributed by atoms with E-state index < -0.39 is 6.03 Å². The number of urea groups is 1. The zero-order valence-electron chi connectivity index (χ0n) is 18.0. The predicted octanol–water partition coefficient (Wildman–Crippen LogP) is 3.22. The first-order valence-electron chi connectivity index (χ1n) is 10.4. The van der Waals surface area contributed by atoms with Crippen LogP contribution < -0.4 is 15.4 Å². The van der Waals surface area contributed by atoms with Crippen molar-refractivity contribution in [2.24, 2.45) is 0 Å². The summed E-state index contributed by atoms with van der Waals surface area (Å²) < 4.78 is 10.5. The highest BCUT2D eigenvalue weighted by molar-refractivity contribution is 5.91. The zero-order valence-corrected chi connectivity index (χ0v) is 18.0. The lowest BCUT2D eigenvalue weighted by molar-refractivity contribution is -0.128. The monoisotopic (exact) mass is 435 g/mol. The number of ether oxygens (including phenoxy) is 1. The van der Waals surface area contributed by atoms with Crippen LogP contribution in [0.3, 0.4) is 0 Å². The summed E-state index contributed by atoms with van der Waals surface area (Å²) in [4.78, 5) is 30.8. The molecule has 1 saturated heterocycles. The molecule has 1 atom stereocenters. The molecule has 166 valence electrons. The average molecular weight is 435 g/mol. The number of methoxy groups -OCH3 is 1. The lowest BCUT2D eigenvalue weighted by atomic mass is 10.1. The average Bonchev–Trinajstić information content (AvgIpc) is 3.40. The van der Waals surface area contributed by atoms with Gasteiger partial charge in [-0.2, -0.15) is 4.98 Å². The summed E-state index contributed by atoms with van der Waals surface area (Å²) in [7, 11) is 1.54. The smallest absolute Gasteiger partial charge is 0.319 e. The molecule has 1 aliphatic heterocycles. The van der Waals surface area contributed by atoms with E-state index in [0.717, 1.165) is 11.1 Å². The van der Waals surface area contributed by atoms with Crippen LogP contribution in [0.15, 0.2) is 53.1 Å². The SMILES string of the molecule is COc1ccc(C)cc1NC(=O)NCc1nc([C@@H]2CC(=O)N(Cc3ccccc3)C2)no1. The van der Waals surface area contributed by atoms with Gasteiger partial charge in [-0.05, 0) is 30.2 Å². The molecule has 2 N–H and O–H groups in total. The molecule has 2 heterocycles. The van der Waals surface area contributed by atoms with E-state index >= 15 is 0 Å². The molecule has 0 radical (unpaired) electrons. The van der Waals surface area contributed by atoms with E-state index in [1.165, 1.54) is 0 Å². The number of hydrogen-bond donors (Lipinski definition) is 2. The number of amides is 3. The number of nitrogens with one attached hydrogen (secondary N) is 2. The van der Waals surface area contributed by atoms with E-state index in [1.54, 1.807) is 18.1 Å². The van der Waals surface area contributed by atoms with Crippen LogP contribution in [0.25, 0.3) is 0 Å². The summed E-state index contributed by atoms with van der Waals surface area (Å²) in [5, 5.41) is 9.46. The Morgan fingerprint density at radius 3 is 2.84 bits per heavy atom. The first kappa shape index (κ1) is 21.4. The standard InChI is InChI=1S/C23H25N5O4/c1-15-8-9-19(31-2)18(10-15)25-23(30)24-12-20-26-22(27-32-20)17-11-21(29)28(14-17)13-16-6-4-3-5-7-16/h3-10,17H,11-14H2,1-2H3,(H2,24,25,30)/t17-/m1/s1. The van der Waals surface area contributed by atoms with Crippen LogP contribution in [-0.2, 0) is 17.9 Å². The topological polar surface area (TPSA) is 110 Å². The number of benzene rings is 2. The van der Waals surface area contributed by atoms with E-state index in [4.69, 9.17) is 9.26 Å². The van der Waals surface area contributed by atoms with Crippen LogP contribution in [0.2, 0.25) is 0 Å². The Morgan fingerprint density at radius 1 is 1.25 bits per heavy atom. The minimum Gasteiger partial charge on any atom is -0.495 e. The van der Waals surface area contributed by atoms with E-state index in [9.17, 15) is 9.59 Å². The lowest BCUT2D eigenvalue weighted by Crippen LogP contribution is -2.28. The molecule has 9 nitrogen and oxygen atoms in total. The van der Waals surface area contributed by atoms with Crippen molar-refractivity contribution in [1.82, 2.24) is 20.4 Å². The fraction of sp³-hybridized carbons (Fsp3) is 0.304. The molecule has 0 aliphatic carbocycles. The molecular formula is C23H25N5O4. The molecule has 3 aromatic rings. The number of hydrogen-bond acceptors (Lipinski definition) is 6. The van der Waals surface area contributed by atoms with Crippen LogP contribution in [0, 0.1) is 6.92 Å². The van der Waals surface area contributed by atoms with Gasteiger partial charge in [0.2, 0.25) is 11.8 Å². The summed E-state index contributed by atoms with van der Waals surface area (Å²) in [5.74, 6) is 1.26. The molecule has 0 unspecified atom stereocenters. The fourth-order valence-electron chi connectivity index (χ4n) is 3.65. The van der Waals surface area contributed by atoms with Crippen molar-refractivity contribution in [1.29, 1.82) is 0 Å². The Balaban J connectivity index is 1.31. The van der Waals surface area contributed by atoms with Gasteiger partial charge < -0.3 is 24.8 Å². The summed E-state index contributed by atoms with van der Waals surface area (Å²) in [6.07, 6.45) is 0.340. The van der Waals surface area contributed by atoms with Gasteiger partial charge in [0, 0.05) is 25.4 Å². The number of aryl methyl sites for hydroxylation is 1. The Bertz CT molecular complexity index is 1100. The van der Waals surface area contributed by atoms with Crippen molar-refractivity contribution >= 4 is 17.6 Å². The third-order valence-corrected chi connectivity index (χ3v) is 5.28. The number of likely N-dealkylation sites (tertiary alicyclic amines) is 1. The summed E-state index contributed by atoms with van der Waals surface area (Å²) >= 11 is 0. The molecule has 1 fully saturated rings. The maximum Gasteiger partial charge on any atom is 0.319 e. The van der Waals surface area contributed by atoms with Crippen LogP contribution in [0.4, 0.5) is 10.5 Å². The van der Waals surface area contributed by atoms with E-state index in [1.807, 2.05) is 49.4 Å². The second-order valence-electron chi connectivity index (χ2n) is 7.72. The van der Waals surface area contributed by atoms with Gasteiger partial charge >= 0.3 is 6.03 Å². The van der Waals surface area contributed by atoms with Crippen molar-refractivity contribution in [2.45, 2.75) is 32.4 Å². The Hall–Kier alpha value is -3.88. The highest BCUT2D eigenvalue weighted by atomic mass is 16.5. The van der Waals surface area contributed by atoms with E-state index in [0.29, 0.717) is 36.8 Å². The van der Waals surface area contributed by atoms with Gasteiger partial charge in [-0.3, -0.25) is 4.79 Å². The van der Waals surface area contributed by atoms with Crippen LogP contribution in [0.5, 0.6) is 5.75 Å². The number of rotatable bonds is 7. The Labute approximate surface area is 185 Å². The zero-order chi connectivity index (χ0) is 22.5. The van der Waals surface area contributed by atoms with Crippen molar-refractivity contribution < 1.29 is 18.8 Å². The third kappa shape index (κ3) is 5.05. The molecule has 9 heteroatoms. The van der Waals surface area contributed by atoms with Gasteiger partial charge in [-0.1, -0.05) is 41.6 Å². The lowest BCUT2D eigenvalue weighted by Gasteiger charge is -2.15. The van der Waals surface area contributed by atoms with Crippen LogP contribution >= 0.6 is 0 Å². The number of carbonyl (C=O) groups excluding carboxylic acids is 2. The quantitative estimate of drug-likeness (QED) is 0.590. The predicted molar refractivity (Wildman–Crippen MR) is 117 cm³/mol. The van der Waals surface area contributed by atoms with Crippen molar-refractivity contribution in [3.05, 3.63) is 71.4 Å². The van der Waals surface area contributed by atoms with E-state index in [-0.39, 0.29) is 24.3 Å². The van der Waals surface area contributed by atoms with Gasteiger partial charge in [0.15, 0.2) is 5.82 Å². The molecule has 2 aromatic carbocycles. The Kier molecular flexibility index (Phi) is 6.34. The highest BCUT2D eigenvalue weighted by Gasteiger charge is 2.33. The first-order chi connectivity index (χ1) is 15.5. The van der Waals surface area contributed by atoms with Crippen LogP contribution in [0.1, 0.15) is 35.2 Å². The van der Waals surface area contributed by atoms with Crippen molar-refractivity contribution in [2.75, 3.05) is 19.0 Å². The van der Waals surface area contributed by atoms with Crippen LogP contribution in [-0.4, -0.2) is 40.6 Å². The summed E-state index contributed by atoms with van der Waals surface area (Å²) in [6, 6.07) is 14.9. The number of carbonyl (C=O) groups is 2. The van der Waals surface area contributed by atoms with Crippen molar-refractivity contribution in [3.8, 4) is 5.75 Å². The molecule has 1 aliphatic rings. The molecule has 3 amide bonds. The molecule has 1 aromatic heterocycles. The van der Waals surface area contributed by atoms with Gasteiger partial charge in [0.25, 0.3) is 0 Å². The molecular weight excluding hydrogens is 410 g/mol. The van der Waals surface area contributed by atoms with E-state index in [2.05, 4.69) is 20.8 Å². The van der Waals surface area contributed by atoms with Gasteiger partial charge in [0.05, 0.1) is 19.3 Å². The van der Waals surface area contributed by atoms with Gasteiger partial charge in [0.1, 0.15) is 5.75 Å². The maximum atomic E-state index is 12.4. The maximum absolute atomic E-state index is 12.4.